The number of amides is 2. The summed E-state index contributed by atoms with van der Waals surface area (Å²) >= 11 is 11.9. The predicted octanol–water partition coefficient (Wildman–Crippen LogP) is 2.67. The monoisotopic (exact) mass is 346 g/mol. The van der Waals surface area contributed by atoms with Crippen LogP contribution in [0.3, 0.4) is 0 Å². The Morgan fingerprint density at radius 1 is 1.55 bits per heavy atom. The van der Waals surface area contributed by atoms with E-state index in [-0.39, 0.29) is 12.1 Å². The van der Waals surface area contributed by atoms with E-state index in [0.29, 0.717) is 42.8 Å². The van der Waals surface area contributed by atoms with E-state index in [9.17, 15) is 9.90 Å². The van der Waals surface area contributed by atoms with Gasteiger partial charge in [-0.1, -0.05) is 29.3 Å². The van der Waals surface area contributed by atoms with E-state index < -0.39 is 6.10 Å². The lowest BCUT2D eigenvalue weighted by Gasteiger charge is -2.36. The summed E-state index contributed by atoms with van der Waals surface area (Å²) in [5.74, 6) is 0. The molecule has 1 aliphatic rings. The zero-order valence-electron chi connectivity index (χ0n) is 12.4. The van der Waals surface area contributed by atoms with Gasteiger partial charge in [-0.2, -0.15) is 0 Å². The van der Waals surface area contributed by atoms with Crippen LogP contribution in [0, 0.1) is 0 Å². The molecule has 1 aromatic rings. The Morgan fingerprint density at radius 2 is 2.32 bits per heavy atom. The minimum Gasteiger partial charge on any atom is -0.393 e. The Bertz CT molecular complexity index is 526. The van der Waals surface area contributed by atoms with E-state index in [1.54, 1.807) is 30.0 Å². The minimum atomic E-state index is -0.479. The Morgan fingerprint density at radius 3 is 3.00 bits per heavy atom. The Kier molecular flexibility index (Phi) is 6.32. The second-order valence-electron chi connectivity index (χ2n) is 5.40. The highest BCUT2D eigenvalue weighted by Gasteiger charge is 2.28. The van der Waals surface area contributed by atoms with E-state index in [1.165, 1.54) is 0 Å². The molecule has 0 aliphatic carbocycles. The molecule has 0 aromatic heterocycles. The number of rotatable bonds is 4. The van der Waals surface area contributed by atoms with Crippen LogP contribution in [0.4, 0.5) is 4.79 Å². The van der Waals surface area contributed by atoms with Crippen molar-refractivity contribution in [1.29, 1.82) is 0 Å². The lowest BCUT2D eigenvalue weighted by Crippen LogP contribution is -2.53. The van der Waals surface area contributed by atoms with Gasteiger partial charge >= 0.3 is 6.03 Å². The predicted molar refractivity (Wildman–Crippen MR) is 86.3 cm³/mol. The van der Waals surface area contributed by atoms with Crippen LogP contribution in [0.1, 0.15) is 18.9 Å². The van der Waals surface area contributed by atoms with E-state index >= 15 is 0 Å². The minimum absolute atomic E-state index is 0.116. The molecule has 1 fully saturated rings. The van der Waals surface area contributed by atoms with Crippen LogP contribution in [0.5, 0.6) is 0 Å². The number of ether oxygens (including phenoxy) is 1. The van der Waals surface area contributed by atoms with Gasteiger partial charge in [0.15, 0.2) is 0 Å². The van der Waals surface area contributed by atoms with Crippen molar-refractivity contribution in [2.75, 3.05) is 19.8 Å². The topological polar surface area (TPSA) is 61.8 Å². The van der Waals surface area contributed by atoms with Gasteiger partial charge in [-0.3, -0.25) is 0 Å². The molecule has 0 unspecified atom stereocenters. The molecular weight excluding hydrogens is 327 g/mol. The first-order valence-corrected chi connectivity index (χ1v) is 7.97. The SMILES string of the molecule is C[C@@H](O)C[C@H]1COCCN1C(=O)NCc1ccc(Cl)cc1Cl. The fourth-order valence-corrected chi connectivity index (χ4v) is 2.92. The van der Waals surface area contributed by atoms with E-state index in [1.807, 2.05) is 0 Å². The molecule has 0 bridgehead atoms. The van der Waals surface area contributed by atoms with Crippen molar-refractivity contribution in [3.63, 3.8) is 0 Å². The van der Waals surface area contributed by atoms with Crippen LogP contribution < -0.4 is 5.32 Å². The number of hydrogen-bond acceptors (Lipinski definition) is 3. The van der Waals surface area contributed by atoms with Crippen molar-refractivity contribution >= 4 is 29.2 Å². The highest BCUT2D eigenvalue weighted by molar-refractivity contribution is 6.35. The Hall–Kier alpha value is -1.01. The summed E-state index contributed by atoms with van der Waals surface area (Å²) in [6.07, 6.45) is 0.0162. The van der Waals surface area contributed by atoms with Crippen LogP contribution in [0.2, 0.25) is 10.0 Å². The molecule has 122 valence electrons. The van der Waals surface area contributed by atoms with Crippen LogP contribution in [0.25, 0.3) is 0 Å². The van der Waals surface area contributed by atoms with Crippen molar-refractivity contribution in [2.24, 2.45) is 0 Å². The first-order chi connectivity index (χ1) is 10.5. The van der Waals surface area contributed by atoms with Crippen LogP contribution in [-0.2, 0) is 11.3 Å². The number of nitrogens with one attached hydrogen (secondary N) is 1. The number of benzene rings is 1. The number of morpholine rings is 1. The molecule has 1 saturated heterocycles. The largest absolute Gasteiger partial charge is 0.393 e. The fourth-order valence-electron chi connectivity index (χ4n) is 2.45. The van der Waals surface area contributed by atoms with Gasteiger partial charge in [0, 0.05) is 23.1 Å². The van der Waals surface area contributed by atoms with Crippen LogP contribution >= 0.6 is 23.2 Å². The Labute approximate surface area is 140 Å². The van der Waals surface area contributed by atoms with Crippen molar-refractivity contribution < 1.29 is 14.6 Å². The lowest BCUT2D eigenvalue weighted by molar-refractivity contribution is -0.00437. The quantitative estimate of drug-likeness (QED) is 0.880. The maximum atomic E-state index is 12.4. The number of aliphatic hydroxyl groups excluding tert-OH is 1. The van der Waals surface area contributed by atoms with Crippen LogP contribution in [0.15, 0.2) is 18.2 Å². The van der Waals surface area contributed by atoms with E-state index in [2.05, 4.69) is 5.32 Å². The summed E-state index contributed by atoms with van der Waals surface area (Å²) in [5, 5.41) is 13.5. The van der Waals surface area contributed by atoms with Gasteiger partial charge in [0.1, 0.15) is 0 Å². The van der Waals surface area contributed by atoms with Gasteiger partial charge in [0.25, 0.3) is 0 Å². The number of aliphatic hydroxyl groups is 1. The molecule has 1 aromatic carbocycles. The number of hydrogen-bond donors (Lipinski definition) is 2. The molecule has 7 heteroatoms. The van der Waals surface area contributed by atoms with Crippen molar-refractivity contribution in [1.82, 2.24) is 10.2 Å². The normalized spacial score (nSPS) is 19.8. The molecule has 2 N–H and O–H groups in total. The summed E-state index contributed by atoms with van der Waals surface area (Å²) in [6.45, 7) is 3.49. The third-order valence-corrected chi connectivity index (χ3v) is 4.13. The average Bonchev–Trinajstić information content (AvgIpc) is 2.46. The van der Waals surface area contributed by atoms with Gasteiger partial charge in [-0.05, 0) is 31.0 Å². The molecule has 0 saturated carbocycles. The third-order valence-electron chi connectivity index (χ3n) is 3.55. The van der Waals surface area contributed by atoms with Gasteiger partial charge in [0.2, 0.25) is 0 Å². The summed E-state index contributed by atoms with van der Waals surface area (Å²) in [6, 6.07) is 4.88. The van der Waals surface area contributed by atoms with E-state index in [0.717, 1.165) is 5.56 Å². The van der Waals surface area contributed by atoms with Gasteiger partial charge < -0.3 is 20.1 Å². The molecule has 1 heterocycles. The fraction of sp³-hybridized carbons (Fsp3) is 0.533. The zero-order valence-corrected chi connectivity index (χ0v) is 13.9. The van der Waals surface area contributed by atoms with Gasteiger partial charge in [-0.15, -0.1) is 0 Å². The molecular formula is C15H20Cl2N2O3. The summed E-state index contributed by atoms with van der Waals surface area (Å²) in [5.41, 5.74) is 0.805. The molecule has 2 rings (SSSR count). The molecule has 5 nitrogen and oxygen atoms in total. The summed E-state index contributed by atoms with van der Waals surface area (Å²) in [4.78, 5) is 14.1. The maximum Gasteiger partial charge on any atom is 0.318 e. The third kappa shape index (κ3) is 4.74. The number of urea groups is 1. The number of carbonyl (C=O) groups is 1. The van der Waals surface area contributed by atoms with Crippen LogP contribution in [-0.4, -0.2) is 47.9 Å². The van der Waals surface area contributed by atoms with E-state index in [4.69, 9.17) is 27.9 Å². The highest BCUT2D eigenvalue weighted by atomic mass is 35.5. The molecule has 0 spiro atoms. The molecule has 2 atom stereocenters. The smallest absolute Gasteiger partial charge is 0.318 e. The zero-order chi connectivity index (χ0) is 16.1. The average molecular weight is 347 g/mol. The molecule has 1 aliphatic heterocycles. The second-order valence-corrected chi connectivity index (χ2v) is 6.24. The molecule has 0 radical (unpaired) electrons. The first-order valence-electron chi connectivity index (χ1n) is 7.21. The van der Waals surface area contributed by atoms with Gasteiger partial charge in [-0.25, -0.2) is 4.79 Å². The summed E-state index contributed by atoms with van der Waals surface area (Å²) in [7, 11) is 0. The lowest BCUT2D eigenvalue weighted by atomic mass is 10.1. The highest BCUT2D eigenvalue weighted by Crippen LogP contribution is 2.21. The second kappa shape index (κ2) is 8.02. The number of halogens is 2. The first kappa shape index (κ1) is 17.3. The van der Waals surface area contributed by atoms with Crippen molar-refractivity contribution in [3.8, 4) is 0 Å². The molecule has 22 heavy (non-hydrogen) atoms. The standard InChI is InChI=1S/C15H20Cl2N2O3/c1-10(20)6-13-9-22-5-4-19(13)15(21)18-8-11-2-3-12(16)7-14(11)17/h2-3,7,10,13,20H,4-6,8-9H2,1H3,(H,18,21)/t10-,13+/m1/s1. The van der Waals surface area contributed by atoms with Crippen molar-refractivity contribution in [2.45, 2.75) is 32.0 Å². The Balaban J connectivity index is 1.95. The van der Waals surface area contributed by atoms with Crippen molar-refractivity contribution in [3.05, 3.63) is 33.8 Å². The maximum absolute atomic E-state index is 12.4. The number of nitrogens with zero attached hydrogens (tertiary/aromatic N) is 1. The van der Waals surface area contributed by atoms with Gasteiger partial charge in [0.05, 0.1) is 25.4 Å². The molecule has 2 amide bonds. The summed E-state index contributed by atoms with van der Waals surface area (Å²) < 4.78 is 5.39. The number of carbonyl (C=O) groups excluding carboxylic acids is 1.